The van der Waals surface area contributed by atoms with Crippen LogP contribution in [0.15, 0.2) is 41.6 Å². The second kappa shape index (κ2) is 9.69. The summed E-state index contributed by atoms with van der Waals surface area (Å²) < 4.78 is 78.6. The zero-order chi connectivity index (χ0) is 24.2. The van der Waals surface area contributed by atoms with Crippen LogP contribution < -0.4 is 19.5 Å². The Morgan fingerprint density at radius 2 is 1.76 bits per heavy atom. The van der Waals surface area contributed by atoms with Crippen LogP contribution in [0.2, 0.25) is 0 Å². The van der Waals surface area contributed by atoms with E-state index in [0.29, 0.717) is 29.0 Å². The lowest BCUT2D eigenvalue weighted by Gasteiger charge is -2.17. The Hall–Kier alpha value is -3.28. The Kier molecular flexibility index (Phi) is 7.15. The molecule has 1 heterocycles. The van der Waals surface area contributed by atoms with E-state index in [9.17, 15) is 21.6 Å². The quantitative estimate of drug-likeness (QED) is 0.473. The lowest BCUT2D eigenvalue weighted by molar-refractivity contribution is -0.153. The Labute approximate surface area is 188 Å². The third-order valence-electron chi connectivity index (χ3n) is 4.56. The molecule has 1 aromatic heterocycles. The van der Waals surface area contributed by atoms with E-state index in [-0.39, 0.29) is 27.9 Å². The van der Waals surface area contributed by atoms with E-state index < -0.39 is 22.6 Å². The number of anilines is 2. The molecule has 3 rings (SSSR count). The monoisotopic (exact) mass is 485 g/mol. The number of rotatable bonds is 9. The van der Waals surface area contributed by atoms with Gasteiger partial charge in [-0.3, -0.25) is 0 Å². The van der Waals surface area contributed by atoms with Crippen LogP contribution in [-0.2, 0) is 9.84 Å². The highest BCUT2D eigenvalue weighted by molar-refractivity contribution is 7.91. The van der Waals surface area contributed by atoms with Crippen LogP contribution in [0.3, 0.4) is 0 Å². The molecule has 12 heteroatoms. The standard InChI is InChI=1S/C21H22F3N3O5S/c1-4-31-19-10-15-14(9-18(19)30-3)20(26-12-25-15)27-16-8-13(33(28,29)5-2)6-7-17(16)32-11-21(22,23)24/h6-10,12H,4-5,11H2,1-3H3,(H,25,26,27). The van der Waals surface area contributed by atoms with Crippen LogP contribution in [-0.4, -0.2) is 50.6 Å². The van der Waals surface area contributed by atoms with Crippen LogP contribution in [0.4, 0.5) is 24.7 Å². The minimum Gasteiger partial charge on any atom is -0.493 e. The molecule has 0 aliphatic heterocycles. The van der Waals surface area contributed by atoms with Gasteiger partial charge in [-0.15, -0.1) is 0 Å². The number of sulfone groups is 1. The number of hydrogen-bond donors (Lipinski definition) is 1. The van der Waals surface area contributed by atoms with E-state index >= 15 is 0 Å². The molecule has 2 aromatic carbocycles. The predicted molar refractivity (Wildman–Crippen MR) is 116 cm³/mol. The summed E-state index contributed by atoms with van der Waals surface area (Å²) >= 11 is 0. The first-order valence-corrected chi connectivity index (χ1v) is 11.5. The summed E-state index contributed by atoms with van der Waals surface area (Å²) in [5.41, 5.74) is 0.480. The number of hydrogen-bond acceptors (Lipinski definition) is 8. The van der Waals surface area contributed by atoms with Crippen molar-refractivity contribution in [2.24, 2.45) is 0 Å². The smallest absolute Gasteiger partial charge is 0.422 e. The maximum Gasteiger partial charge on any atom is 0.422 e. The van der Waals surface area contributed by atoms with E-state index in [1.54, 1.807) is 12.1 Å². The Morgan fingerprint density at radius 1 is 1.00 bits per heavy atom. The van der Waals surface area contributed by atoms with Crippen molar-refractivity contribution >= 4 is 32.2 Å². The molecule has 0 radical (unpaired) electrons. The molecule has 1 N–H and O–H groups in total. The fourth-order valence-electron chi connectivity index (χ4n) is 2.97. The number of alkyl halides is 3. The fraction of sp³-hybridized carbons (Fsp3) is 0.333. The number of aromatic nitrogens is 2. The summed E-state index contributed by atoms with van der Waals surface area (Å²) in [7, 11) is -2.16. The Balaban J connectivity index is 2.10. The molecule has 0 unspecified atom stereocenters. The molecule has 0 saturated heterocycles. The van der Waals surface area contributed by atoms with Gasteiger partial charge < -0.3 is 19.5 Å². The van der Waals surface area contributed by atoms with Gasteiger partial charge in [0.2, 0.25) is 0 Å². The van der Waals surface area contributed by atoms with Gasteiger partial charge >= 0.3 is 6.18 Å². The minimum absolute atomic E-state index is 0.00151. The van der Waals surface area contributed by atoms with Crippen LogP contribution in [0, 0.1) is 0 Å². The molecule has 0 bridgehead atoms. The topological polar surface area (TPSA) is 99.6 Å². The Bertz CT molecular complexity index is 1250. The van der Waals surface area contributed by atoms with Gasteiger partial charge in [0.05, 0.1) is 35.6 Å². The Morgan fingerprint density at radius 3 is 2.39 bits per heavy atom. The lowest BCUT2D eigenvalue weighted by atomic mass is 10.2. The second-order valence-corrected chi connectivity index (χ2v) is 9.04. The van der Waals surface area contributed by atoms with Crippen molar-refractivity contribution in [2.75, 3.05) is 31.4 Å². The SMILES string of the molecule is CCOc1cc2ncnc(Nc3cc(S(=O)(=O)CC)ccc3OCC(F)(F)F)c2cc1OC. The molecule has 0 amide bonds. The van der Waals surface area contributed by atoms with Crippen molar-refractivity contribution in [2.45, 2.75) is 24.9 Å². The van der Waals surface area contributed by atoms with Crippen LogP contribution in [0.5, 0.6) is 17.2 Å². The van der Waals surface area contributed by atoms with Gasteiger partial charge in [0.25, 0.3) is 0 Å². The average Bonchev–Trinajstić information content (AvgIpc) is 2.77. The van der Waals surface area contributed by atoms with Crippen LogP contribution in [0.25, 0.3) is 10.9 Å². The summed E-state index contributed by atoms with van der Waals surface area (Å²) in [4.78, 5) is 8.30. The van der Waals surface area contributed by atoms with E-state index in [4.69, 9.17) is 14.2 Å². The van der Waals surface area contributed by atoms with Crippen molar-refractivity contribution in [3.8, 4) is 17.2 Å². The first-order chi connectivity index (χ1) is 15.6. The summed E-state index contributed by atoms with van der Waals surface area (Å²) in [6, 6.07) is 6.85. The zero-order valence-electron chi connectivity index (χ0n) is 18.1. The van der Waals surface area contributed by atoms with Crippen molar-refractivity contribution < 1.29 is 35.8 Å². The largest absolute Gasteiger partial charge is 0.493 e. The number of methoxy groups -OCH3 is 1. The van der Waals surface area contributed by atoms with Crippen molar-refractivity contribution in [3.63, 3.8) is 0 Å². The zero-order valence-corrected chi connectivity index (χ0v) is 18.9. The number of halogens is 3. The highest BCUT2D eigenvalue weighted by Crippen LogP contribution is 2.37. The van der Waals surface area contributed by atoms with Gasteiger partial charge in [0.15, 0.2) is 27.9 Å². The number of ether oxygens (including phenoxy) is 3. The number of benzene rings is 2. The molecule has 33 heavy (non-hydrogen) atoms. The molecule has 0 aliphatic carbocycles. The molecule has 0 spiro atoms. The minimum atomic E-state index is -4.57. The van der Waals surface area contributed by atoms with Crippen LogP contribution >= 0.6 is 0 Å². The van der Waals surface area contributed by atoms with Gasteiger partial charge in [-0.25, -0.2) is 18.4 Å². The predicted octanol–water partition coefficient (Wildman–Crippen LogP) is 4.52. The summed E-state index contributed by atoms with van der Waals surface area (Å²) in [5, 5.41) is 3.36. The lowest BCUT2D eigenvalue weighted by Crippen LogP contribution is -2.19. The first kappa shape index (κ1) is 24.4. The van der Waals surface area contributed by atoms with Crippen molar-refractivity contribution in [3.05, 3.63) is 36.7 Å². The molecule has 178 valence electrons. The van der Waals surface area contributed by atoms with Gasteiger partial charge in [-0.1, -0.05) is 6.92 Å². The van der Waals surface area contributed by atoms with E-state index in [0.717, 1.165) is 0 Å². The third kappa shape index (κ3) is 5.75. The first-order valence-electron chi connectivity index (χ1n) is 9.87. The van der Waals surface area contributed by atoms with Crippen molar-refractivity contribution in [1.29, 1.82) is 0 Å². The molecule has 0 aliphatic rings. The molecule has 0 atom stereocenters. The molecule has 0 saturated carbocycles. The molecule has 8 nitrogen and oxygen atoms in total. The van der Waals surface area contributed by atoms with E-state index in [2.05, 4.69) is 15.3 Å². The highest BCUT2D eigenvalue weighted by atomic mass is 32.2. The maximum absolute atomic E-state index is 12.7. The molecular formula is C21H22F3N3O5S. The van der Waals surface area contributed by atoms with Gasteiger partial charge in [-0.2, -0.15) is 13.2 Å². The number of nitrogens with one attached hydrogen (secondary N) is 1. The van der Waals surface area contributed by atoms with E-state index in [1.807, 2.05) is 6.92 Å². The normalized spacial score (nSPS) is 11.9. The fourth-order valence-corrected chi connectivity index (χ4v) is 3.88. The van der Waals surface area contributed by atoms with Crippen molar-refractivity contribution in [1.82, 2.24) is 9.97 Å². The average molecular weight is 485 g/mol. The van der Waals surface area contributed by atoms with Crippen LogP contribution in [0.1, 0.15) is 13.8 Å². The number of fused-ring (bicyclic) bond motifs is 1. The second-order valence-electron chi connectivity index (χ2n) is 6.77. The molecular weight excluding hydrogens is 463 g/mol. The molecule has 0 fully saturated rings. The van der Waals surface area contributed by atoms with Gasteiger partial charge in [-0.05, 0) is 31.2 Å². The van der Waals surface area contributed by atoms with Gasteiger partial charge in [0.1, 0.15) is 17.9 Å². The highest BCUT2D eigenvalue weighted by Gasteiger charge is 2.29. The number of nitrogens with zero attached hydrogens (tertiary/aromatic N) is 2. The summed E-state index contributed by atoms with van der Waals surface area (Å²) in [6.07, 6.45) is -3.31. The maximum atomic E-state index is 12.7. The van der Waals surface area contributed by atoms with Gasteiger partial charge in [0, 0.05) is 11.5 Å². The van der Waals surface area contributed by atoms with E-state index in [1.165, 1.54) is 38.6 Å². The summed E-state index contributed by atoms with van der Waals surface area (Å²) in [5.74, 6) is 0.708. The third-order valence-corrected chi connectivity index (χ3v) is 6.29. The molecule has 3 aromatic rings. The summed E-state index contributed by atoms with van der Waals surface area (Å²) in [6.45, 7) is 2.14.